The summed E-state index contributed by atoms with van der Waals surface area (Å²) >= 11 is 0. The van der Waals surface area contributed by atoms with Crippen LogP contribution in [0.1, 0.15) is 37.7 Å². The molecule has 0 bridgehead atoms. The maximum atomic E-state index is 12.6. The number of amides is 1. The summed E-state index contributed by atoms with van der Waals surface area (Å²) in [6.07, 6.45) is 6.10. The van der Waals surface area contributed by atoms with Gasteiger partial charge in [0.25, 0.3) is 0 Å². The number of likely N-dealkylation sites (tertiary alicyclic amines) is 1. The maximum Gasteiger partial charge on any atom is 0.224 e. The third-order valence-corrected chi connectivity index (χ3v) is 4.93. The van der Waals surface area contributed by atoms with Gasteiger partial charge >= 0.3 is 0 Å². The average Bonchev–Trinajstić information content (AvgIpc) is 3.19. The van der Waals surface area contributed by atoms with E-state index >= 15 is 0 Å². The fourth-order valence-electron chi connectivity index (χ4n) is 3.76. The summed E-state index contributed by atoms with van der Waals surface area (Å²) in [5.74, 6) is 1.25. The molecule has 1 amide bonds. The van der Waals surface area contributed by atoms with E-state index in [9.17, 15) is 4.79 Å². The Bertz CT molecular complexity index is 517. The summed E-state index contributed by atoms with van der Waals surface area (Å²) < 4.78 is 5.45. The van der Waals surface area contributed by atoms with Crippen molar-refractivity contribution in [1.29, 1.82) is 0 Å². The Morgan fingerprint density at radius 3 is 2.87 bits per heavy atom. The van der Waals surface area contributed by atoms with E-state index in [0.717, 1.165) is 44.5 Å². The van der Waals surface area contributed by atoms with Crippen LogP contribution < -0.4 is 10.1 Å². The predicted molar refractivity (Wildman–Crippen MR) is 94.3 cm³/mol. The number of nitrogens with one attached hydrogen (secondary N) is 1. The first kappa shape index (κ1) is 18.1. The highest BCUT2D eigenvalue weighted by atomic mass is 35.5. The lowest BCUT2D eigenvalue weighted by molar-refractivity contribution is -0.132. The number of methoxy groups -OCH3 is 1. The lowest BCUT2D eigenvalue weighted by Crippen LogP contribution is -2.40. The van der Waals surface area contributed by atoms with Crippen LogP contribution in [-0.4, -0.2) is 43.1 Å². The van der Waals surface area contributed by atoms with Crippen LogP contribution in [0.3, 0.4) is 0 Å². The molecular weight excluding hydrogens is 312 g/mol. The van der Waals surface area contributed by atoms with Crippen molar-refractivity contribution in [2.45, 2.75) is 50.6 Å². The number of carbonyl (C=O) groups is 1. The number of hydrogen-bond acceptors (Lipinski definition) is 3. The summed E-state index contributed by atoms with van der Waals surface area (Å²) in [5, 5.41) is 3.43. The van der Waals surface area contributed by atoms with Gasteiger partial charge in [-0.3, -0.25) is 4.79 Å². The molecule has 1 aromatic carbocycles. The van der Waals surface area contributed by atoms with Crippen LogP contribution in [0.15, 0.2) is 24.3 Å². The monoisotopic (exact) mass is 338 g/mol. The molecule has 0 aliphatic carbocycles. The quantitative estimate of drug-likeness (QED) is 0.897. The molecule has 5 heteroatoms. The Labute approximate surface area is 145 Å². The van der Waals surface area contributed by atoms with Crippen molar-refractivity contribution in [3.8, 4) is 5.75 Å². The molecule has 2 aliphatic rings. The second-order valence-electron chi connectivity index (χ2n) is 6.40. The van der Waals surface area contributed by atoms with Crippen molar-refractivity contribution >= 4 is 18.3 Å². The summed E-state index contributed by atoms with van der Waals surface area (Å²) in [4.78, 5) is 14.7. The van der Waals surface area contributed by atoms with Crippen LogP contribution in [0.25, 0.3) is 0 Å². The van der Waals surface area contributed by atoms with Gasteiger partial charge in [-0.1, -0.05) is 18.2 Å². The first-order valence-electron chi connectivity index (χ1n) is 8.42. The van der Waals surface area contributed by atoms with Gasteiger partial charge in [0.1, 0.15) is 5.75 Å². The van der Waals surface area contributed by atoms with Crippen molar-refractivity contribution in [3.05, 3.63) is 29.8 Å². The topological polar surface area (TPSA) is 41.6 Å². The molecule has 4 nitrogen and oxygen atoms in total. The second kappa shape index (κ2) is 8.55. The summed E-state index contributed by atoms with van der Waals surface area (Å²) in [7, 11) is 1.71. The van der Waals surface area contributed by atoms with E-state index in [1.165, 1.54) is 12.0 Å². The molecule has 2 heterocycles. The van der Waals surface area contributed by atoms with Gasteiger partial charge in [-0.25, -0.2) is 0 Å². The lowest BCUT2D eigenvalue weighted by atomic mass is 10.0. The van der Waals surface area contributed by atoms with Crippen molar-refractivity contribution in [1.82, 2.24) is 10.2 Å². The van der Waals surface area contributed by atoms with Crippen LogP contribution in [0.5, 0.6) is 5.75 Å². The fourth-order valence-corrected chi connectivity index (χ4v) is 3.76. The molecule has 0 saturated carbocycles. The summed E-state index contributed by atoms with van der Waals surface area (Å²) in [6.45, 7) is 1.97. The molecule has 1 aromatic rings. The first-order valence-corrected chi connectivity index (χ1v) is 8.42. The van der Waals surface area contributed by atoms with Crippen molar-refractivity contribution in [3.63, 3.8) is 0 Å². The number of para-hydroxylation sites is 1. The minimum Gasteiger partial charge on any atom is -0.496 e. The number of ether oxygens (including phenoxy) is 1. The molecule has 0 radical (unpaired) electrons. The van der Waals surface area contributed by atoms with Gasteiger partial charge in [-0.2, -0.15) is 0 Å². The van der Waals surface area contributed by atoms with Gasteiger partial charge < -0.3 is 15.0 Å². The standard InChI is InChI=1S/C18H26N2O2.ClH/c1-22-17-9-3-2-6-14(17)12-16-8-5-11-20(16)18(21)13-15-7-4-10-19-15;/h2-3,6,9,15-16,19H,4-5,7-8,10-13H2,1H3;1H. The molecule has 0 aromatic heterocycles. The number of carbonyl (C=O) groups excluding carboxylic acids is 1. The number of halogens is 1. The van der Waals surface area contributed by atoms with Gasteiger partial charge in [-0.05, 0) is 50.3 Å². The number of nitrogens with zero attached hydrogens (tertiary/aromatic N) is 1. The Balaban J connectivity index is 0.00000192. The highest BCUT2D eigenvalue weighted by Crippen LogP contribution is 2.27. The van der Waals surface area contributed by atoms with Crippen LogP contribution in [0, 0.1) is 0 Å². The van der Waals surface area contributed by atoms with E-state index in [-0.39, 0.29) is 12.4 Å². The number of hydrogen-bond donors (Lipinski definition) is 1. The van der Waals surface area contributed by atoms with E-state index in [1.54, 1.807) is 7.11 Å². The molecule has 2 fully saturated rings. The summed E-state index contributed by atoms with van der Waals surface area (Å²) in [5.41, 5.74) is 1.20. The lowest BCUT2D eigenvalue weighted by Gasteiger charge is -2.26. The average molecular weight is 339 g/mol. The molecule has 2 atom stereocenters. The SMILES string of the molecule is COc1ccccc1CC1CCCN1C(=O)CC1CCCN1.Cl. The number of benzene rings is 1. The van der Waals surface area contributed by atoms with Crippen LogP contribution >= 0.6 is 12.4 Å². The molecule has 128 valence electrons. The third kappa shape index (κ3) is 4.39. The molecule has 0 spiro atoms. The Morgan fingerprint density at radius 1 is 1.30 bits per heavy atom. The smallest absolute Gasteiger partial charge is 0.224 e. The molecule has 2 unspecified atom stereocenters. The van der Waals surface area contributed by atoms with E-state index in [4.69, 9.17) is 4.74 Å². The molecule has 23 heavy (non-hydrogen) atoms. The van der Waals surface area contributed by atoms with Gasteiger partial charge in [0, 0.05) is 25.0 Å². The number of rotatable bonds is 5. The predicted octanol–water partition coefficient (Wildman–Crippen LogP) is 2.79. The molecule has 2 saturated heterocycles. The van der Waals surface area contributed by atoms with Crippen LogP contribution in [0.4, 0.5) is 0 Å². The minimum atomic E-state index is 0. The maximum absolute atomic E-state index is 12.6. The molecular formula is C18H27ClN2O2. The zero-order chi connectivity index (χ0) is 15.4. The van der Waals surface area contributed by atoms with E-state index < -0.39 is 0 Å². The molecule has 3 rings (SSSR count). The van der Waals surface area contributed by atoms with Crippen LogP contribution in [0.2, 0.25) is 0 Å². The van der Waals surface area contributed by atoms with E-state index in [2.05, 4.69) is 16.3 Å². The Hall–Kier alpha value is -1.26. The largest absolute Gasteiger partial charge is 0.496 e. The van der Waals surface area contributed by atoms with Gasteiger partial charge in [0.2, 0.25) is 5.91 Å². The van der Waals surface area contributed by atoms with E-state index in [1.807, 2.05) is 18.2 Å². The van der Waals surface area contributed by atoms with Crippen molar-refractivity contribution in [2.24, 2.45) is 0 Å². The molecule has 1 N–H and O–H groups in total. The Kier molecular flexibility index (Phi) is 6.72. The summed E-state index contributed by atoms with van der Waals surface area (Å²) in [6, 6.07) is 8.86. The van der Waals surface area contributed by atoms with Gasteiger partial charge in [-0.15, -0.1) is 12.4 Å². The third-order valence-electron chi connectivity index (χ3n) is 4.93. The van der Waals surface area contributed by atoms with Gasteiger partial charge in [0.05, 0.1) is 7.11 Å². The van der Waals surface area contributed by atoms with Crippen molar-refractivity contribution in [2.75, 3.05) is 20.2 Å². The zero-order valence-electron chi connectivity index (χ0n) is 13.8. The minimum absolute atomic E-state index is 0. The Morgan fingerprint density at radius 2 is 2.13 bits per heavy atom. The first-order chi connectivity index (χ1) is 10.8. The molecule has 2 aliphatic heterocycles. The normalized spacial score (nSPS) is 23.6. The van der Waals surface area contributed by atoms with Gasteiger partial charge in [0.15, 0.2) is 0 Å². The fraction of sp³-hybridized carbons (Fsp3) is 0.611. The highest BCUT2D eigenvalue weighted by Gasteiger charge is 2.31. The van der Waals surface area contributed by atoms with E-state index in [0.29, 0.717) is 24.4 Å². The zero-order valence-corrected chi connectivity index (χ0v) is 14.6. The second-order valence-corrected chi connectivity index (χ2v) is 6.40. The van der Waals surface area contributed by atoms with Crippen molar-refractivity contribution < 1.29 is 9.53 Å². The van der Waals surface area contributed by atoms with Crippen LogP contribution in [-0.2, 0) is 11.2 Å². The highest BCUT2D eigenvalue weighted by molar-refractivity contribution is 5.85.